The van der Waals surface area contributed by atoms with Gasteiger partial charge >= 0.3 is 5.97 Å². The summed E-state index contributed by atoms with van der Waals surface area (Å²) >= 11 is 1.12. The van der Waals surface area contributed by atoms with Crippen LogP contribution in [0.15, 0.2) is 24.5 Å². The van der Waals surface area contributed by atoms with Crippen molar-refractivity contribution < 1.29 is 14.3 Å². The maximum atomic E-state index is 12.1. The van der Waals surface area contributed by atoms with Gasteiger partial charge in [-0.25, -0.2) is 9.78 Å². The van der Waals surface area contributed by atoms with Crippen molar-refractivity contribution in [2.75, 3.05) is 11.9 Å². The minimum atomic E-state index is -0.411. The van der Waals surface area contributed by atoms with E-state index in [4.69, 9.17) is 4.74 Å². The number of carbonyl (C=O) groups is 2. The monoisotopic (exact) mass is 307 g/mol. The van der Waals surface area contributed by atoms with E-state index >= 15 is 0 Å². The zero-order chi connectivity index (χ0) is 15.4. The average Bonchev–Trinajstić information content (AvgIpc) is 3.07. The third kappa shape index (κ3) is 3.49. The second kappa shape index (κ2) is 6.53. The lowest BCUT2D eigenvalue weighted by atomic mass is 10.3. The van der Waals surface area contributed by atoms with Crippen LogP contribution in [-0.2, 0) is 9.53 Å². The summed E-state index contributed by atoms with van der Waals surface area (Å²) in [4.78, 5) is 28.5. The predicted octanol–water partition coefficient (Wildman–Crippen LogP) is 2.63. The van der Waals surface area contributed by atoms with Gasteiger partial charge in [-0.05, 0) is 32.9 Å². The van der Waals surface area contributed by atoms with E-state index in [-0.39, 0.29) is 11.9 Å². The van der Waals surface area contributed by atoms with E-state index in [2.05, 4.69) is 10.3 Å². The molecule has 2 rings (SSSR count). The van der Waals surface area contributed by atoms with E-state index in [1.807, 2.05) is 24.5 Å². The Morgan fingerprint density at radius 2 is 2.10 bits per heavy atom. The van der Waals surface area contributed by atoms with E-state index in [0.717, 1.165) is 11.3 Å². The Labute approximate surface area is 126 Å². The predicted molar refractivity (Wildman–Crippen MR) is 80.6 cm³/mol. The van der Waals surface area contributed by atoms with Gasteiger partial charge in [0, 0.05) is 12.4 Å². The first-order valence-electron chi connectivity index (χ1n) is 6.60. The molecule has 0 spiro atoms. The van der Waals surface area contributed by atoms with Gasteiger partial charge in [0.1, 0.15) is 10.9 Å². The first-order chi connectivity index (χ1) is 10.0. The summed E-state index contributed by atoms with van der Waals surface area (Å²) in [6.07, 6.45) is 3.64. The lowest BCUT2D eigenvalue weighted by Gasteiger charge is -2.12. The number of nitrogens with one attached hydrogen (secondary N) is 1. The number of aryl methyl sites for hydroxylation is 1. The van der Waals surface area contributed by atoms with E-state index in [0.29, 0.717) is 22.3 Å². The highest BCUT2D eigenvalue weighted by atomic mass is 32.1. The van der Waals surface area contributed by atoms with Crippen LogP contribution in [-0.4, -0.2) is 28.0 Å². The first-order valence-corrected chi connectivity index (χ1v) is 7.42. The van der Waals surface area contributed by atoms with Crippen LogP contribution in [0.1, 0.15) is 35.3 Å². The van der Waals surface area contributed by atoms with Crippen LogP contribution < -0.4 is 5.32 Å². The lowest BCUT2D eigenvalue weighted by Crippen LogP contribution is -2.22. The summed E-state index contributed by atoms with van der Waals surface area (Å²) in [6.45, 7) is 5.56. The smallest absolute Gasteiger partial charge is 0.350 e. The number of carbonyl (C=O) groups excluding carboxylic acids is 2. The highest BCUT2D eigenvalue weighted by Crippen LogP contribution is 2.24. The number of esters is 1. The third-order valence-electron chi connectivity index (χ3n) is 2.94. The Balaban J connectivity index is 2.08. The number of hydrogen-bond acceptors (Lipinski definition) is 5. The number of anilines is 1. The highest BCUT2D eigenvalue weighted by Gasteiger charge is 2.20. The van der Waals surface area contributed by atoms with Gasteiger partial charge in [0.15, 0.2) is 5.13 Å². The van der Waals surface area contributed by atoms with Crippen LogP contribution in [0.3, 0.4) is 0 Å². The molecule has 0 saturated carbocycles. The molecule has 112 valence electrons. The molecule has 2 aromatic heterocycles. The molecular weight excluding hydrogens is 290 g/mol. The van der Waals surface area contributed by atoms with Crippen LogP contribution in [0.25, 0.3) is 0 Å². The van der Waals surface area contributed by atoms with Crippen molar-refractivity contribution in [3.8, 4) is 0 Å². The van der Waals surface area contributed by atoms with Crippen molar-refractivity contribution in [1.82, 2.24) is 9.55 Å². The number of thiazole rings is 1. The summed E-state index contributed by atoms with van der Waals surface area (Å²) < 4.78 is 6.74. The SMILES string of the molecule is CCOC(=O)c1sc(NC(=O)C(C)n2cccc2)nc1C. The Morgan fingerprint density at radius 3 is 2.71 bits per heavy atom. The second-order valence-corrected chi connectivity index (χ2v) is 5.45. The quantitative estimate of drug-likeness (QED) is 0.862. The van der Waals surface area contributed by atoms with Crippen LogP contribution in [0.4, 0.5) is 5.13 Å². The van der Waals surface area contributed by atoms with Gasteiger partial charge < -0.3 is 14.6 Å². The minimum absolute atomic E-state index is 0.185. The maximum Gasteiger partial charge on any atom is 0.350 e. The van der Waals surface area contributed by atoms with Gasteiger partial charge in [-0.3, -0.25) is 4.79 Å². The molecule has 0 radical (unpaired) electrons. The summed E-state index contributed by atoms with van der Waals surface area (Å²) in [6, 6.07) is 3.36. The van der Waals surface area contributed by atoms with Crippen LogP contribution in [0.5, 0.6) is 0 Å². The van der Waals surface area contributed by atoms with Crippen molar-refractivity contribution in [2.24, 2.45) is 0 Å². The van der Waals surface area contributed by atoms with Gasteiger partial charge in [0.25, 0.3) is 0 Å². The molecular formula is C14H17N3O3S. The number of ether oxygens (including phenoxy) is 1. The molecule has 0 bridgehead atoms. The molecule has 0 aromatic carbocycles. The normalized spacial score (nSPS) is 12.0. The summed E-state index contributed by atoms with van der Waals surface area (Å²) in [7, 11) is 0. The summed E-state index contributed by atoms with van der Waals surface area (Å²) in [5.41, 5.74) is 0.558. The fourth-order valence-corrected chi connectivity index (χ4v) is 2.65. The Hall–Kier alpha value is -2.15. The van der Waals surface area contributed by atoms with Gasteiger partial charge in [0.05, 0.1) is 12.3 Å². The molecule has 0 aliphatic rings. The zero-order valence-corrected chi connectivity index (χ0v) is 12.9. The van der Waals surface area contributed by atoms with E-state index in [1.54, 1.807) is 25.3 Å². The van der Waals surface area contributed by atoms with Crippen molar-refractivity contribution in [2.45, 2.75) is 26.8 Å². The molecule has 0 aliphatic carbocycles. The van der Waals surface area contributed by atoms with Gasteiger partial charge in [0.2, 0.25) is 5.91 Å². The molecule has 1 atom stereocenters. The molecule has 0 saturated heterocycles. The third-order valence-corrected chi connectivity index (χ3v) is 3.99. The Bertz CT molecular complexity index is 634. The van der Waals surface area contributed by atoms with Gasteiger partial charge in [-0.2, -0.15) is 0 Å². The van der Waals surface area contributed by atoms with Crippen LogP contribution in [0, 0.1) is 6.92 Å². The van der Waals surface area contributed by atoms with Crippen LogP contribution in [0.2, 0.25) is 0 Å². The molecule has 0 aliphatic heterocycles. The first kappa shape index (κ1) is 15.2. The lowest BCUT2D eigenvalue weighted by molar-refractivity contribution is -0.118. The van der Waals surface area contributed by atoms with Gasteiger partial charge in [-0.1, -0.05) is 11.3 Å². The van der Waals surface area contributed by atoms with Crippen molar-refractivity contribution in [3.05, 3.63) is 35.1 Å². The molecule has 1 N–H and O–H groups in total. The number of nitrogens with zero attached hydrogens (tertiary/aromatic N) is 2. The Kier molecular flexibility index (Phi) is 4.74. The van der Waals surface area contributed by atoms with Crippen molar-refractivity contribution >= 4 is 28.3 Å². The number of rotatable bonds is 5. The molecule has 7 heteroatoms. The van der Waals surface area contributed by atoms with E-state index in [1.165, 1.54) is 0 Å². The molecule has 0 fully saturated rings. The van der Waals surface area contributed by atoms with E-state index in [9.17, 15) is 9.59 Å². The fraction of sp³-hybridized carbons (Fsp3) is 0.357. The fourth-order valence-electron chi connectivity index (χ4n) is 1.79. The molecule has 1 unspecified atom stereocenters. The molecule has 21 heavy (non-hydrogen) atoms. The van der Waals surface area contributed by atoms with E-state index < -0.39 is 5.97 Å². The summed E-state index contributed by atoms with van der Waals surface area (Å²) in [5.74, 6) is -0.596. The number of amides is 1. The number of hydrogen-bond donors (Lipinski definition) is 1. The van der Waals surface area contributed by atoms with Crippen molar-refractivity contribution in [1.29, 1.82) is 0 Å². The standard InChI is InChI=1S/C14H17N3O3S/c1-4-20-13(19)11-9(2)15-14(21-11)16-12(18)10(3)17-7-5-6-8-17/h5-8,10H,4H2,1-3H3,(H,15,16,18). The Morgan fingerprint density at radius 1 is 1.43 bits per heavy atom. The second-order valence-electron chi connectivity index (χ2n) is 4.45. The topological polar surface area (TPSA) is 73.2 Å². The molecule has 6 nitrogen and oxygen atoms in total. The molecule has 1 amide bonds. The van der Waals surface area contributed by atoms with Crippen LogP contribution >= 0.6 is 11.3 Å². The molecule has 2 heterocycles. The zero-order valence-electron chi connectivity index (χ0n) is 12.1. The van der Waals surface area contributed by atoms with Crippen molar-refractivity contribution in [3.63, 3.8) is 0 Å². The largest absolute Gasteiger partial charge is 0.462 e. The average molecular weight is 307 g/mol. The highest BCUT2D eigenvalue weighted by molar-refractivity contribution is 7.17. The molecule has 2 aromatic rings. The summed E-state index contributed by atoms with van der Waals surface area (Å²) in [5, 5.41) is 3.13. The maximum absolute atomic E-state index is 12.1. The number of aromatic nitrogens is 2. The minimum Gasteiger partial charge on any atom is -0.462 e. The van der Waals surface area contributed by atoms with Gasteiger partial charge in [-0.15, -0.1) is 0 Å².